The summed E-state index contributed by atoms with van der Waals surface area (Å²) in [5.41, 5.74) is 6.64. The number of amides is 1. The minimum Gasteiger partial charge on any atom is -0.487 e. The third-order valence-corrected chi connectivity index (χ3v) is 5.91. The van der Waals surface area contributed by atoms with Crippen LogP contribution in [-0.2, 0) is 16.0 Å². The van der Waals surface area contributed by atoms with Crippen LogP contribution in [0.1, 0.15) is 29.7 Å². The Balaban J connectivity index is 1.38. The van der Waals surface area contributed by atoms with Crippen molar-refractivity contribution in [2.75, 3.05) is 13.2 Å². The monoisotopic (exact) mass is 402 g/mol. The van der Waals surface area contributed by atoms with Crippen molar-refractivity contribution in [1.29, 1.82) is 0 Å². The van der Waals surface area contributed by atoms with Crippen LogP contribution in [0.4, 0.5) is 0 Å². The summed E-state index contributed by atoms with van der Waals surface area (Å²) in [6.45, 7) is 5.29. The second kappa shape index (κ2) is 7.73. The largest absolute Gasteiger partial charge is 0.487 e. The number of nitrogens with zero attached hydrogens (tertiary/aromatic N) is 1. The number of fused-ring (bicyclic) bond motifs is 2. The van der Waals surface area contributed by atoms with Gasteiger partial charge in [-0.15, -0.1) is 0 Å². The van der Waals surface area contributed by atoms with Crippen molar-refractivity contribution in [2.24, 2.45) is 0 Å². The minimum absolute atomic E-state index is 0.0271. The van der Waals surface area contributed by atoms with Crippen molar-refractivity contribution in [3.8, 4) is 16.9 Å². The van der Waals surface area contributed by atoms with Crippen LogP contribution < -0.4 is 10.1 Å². The highest BCUT2D eigenvalue weighted by atomic mass is 16.5. The van der Waals surface area contributed by atoms with E-state index < -0.39 is 0 Å². The quantitative estimate of drug-likeness (QED) is 0.713. The Morgan fingerprint density at radius 2 is 2.07 bits per heavy atom. The summed E-state index contributed by atoms with van der Waals surface area (Å²) in [5.74, 6) is 0.900. The van der Waals surface area contributed by atoms with Crippen LogP contribution in [0, 0.1) is 13.8 Å². The second-order valence-corrected chi connectivity index (χ2v) is 8.35. The fraction of sp³-hybridized carbons (Fsp3) is 0.360. The van der Waals surface area contributed by atoms with Gasteiger partial charge >= 0.3 is 0 Å². The summed E-state index contributed by atoms with van der Waals surface area (Å²) in [7, 11) is 0. The molecule has 1 amide bonds. The first-order valence-corrected chi connectivity index (χ1v) is 10.6. The van der Waals surface area contributed by atoms with Gasteiger partial charge in [0.25, 0.3) is 0 Å². The van der Waals surface area contributed by atoms with Gasteiger partial charge in [-0.3, -0.25) is 9.78 Å². The van der Waals surface area contributed by atoms with Gasteiger partial charge in [0.2, 0.25) is 5.91 Å². The third-order valence-electron chi connectivity index (χ3n) is 5.91. The highest BCUT2D eigenvalue weighted by Gasteiger charge is 2.29. The fourth-order valence-electron chi connectivity index (χ4n) is 4.43. The van der Waals surface area contributed by atoms with E-state index in [0.717, 1.165) is 52.7 Å². The van der Waals surface area contributed by atoms with Gasteiger partial charge in [-0.2, -0.15) is 0 Å². The maximum absolute atomic E-state index is 12.3. The van der Waals surface area contributed by atoms with E-state index in [2.05, 4.69) is 53.6 Å². The van der Waals surface area contributed by atoms with Gasteiger partial charge in [-0.05, 0) is 67.6 Å². The van der Waals surface area contributed by atoms with E-state index in [4.69, 9.17) is 9.47 Å². The van der Waals surface area contributed by atoms with E-state index in [9.17, 15) is 4.79 Å². The van der Waals surface area contributed by atoms with Crippen LogP contribution in [0.15, 0.2) is 42.5 Å². The molecule has 0 radical (unpaired) electrons. The maximum Gasteiger partial charge on any atom is 0.249 e. The summed E-state index contributed by atoms with van der Waals surface area (Å²) < 4.78 is 11.8. The zero-order valence-corrected chi connectivity index (χ0v) is 17.4. The number of pyridine rings is 1. The van der Waals surface area contributed by atoms with E-state index in [0.29, 0.717) is 13.2 Å². The molecule has 2 aliphatic heterocycles. The summed E-state index contributed by atoms with van der Waals surface area (Å²) in [5, 5.41) is 4.12. The topological polar surface area (TPSA) is 60.5 Å². The van der Waals surface area contributed by atoms with Gasteiger partial charge in [0, 0.05) is 29.7 Å². The maximum atomic E-state index is 12.3. The molecule has 0 aliphatic carbocycles. The minimum atomic E-state index is -0.304. The fourth-order valence-corrected chi connectivity index (χ4v) is 4.43. The number of ether oxygens (including phenoxy) is 2. The van der Waals surface area contributed by atoms with Gasteiger partial charge in [0.1, 0.15) is 18.0 Å². The Kier molecular flexibility index (Phi) is 4.91. The van der Waals surface area contributed by atoms with Crippen molar-refractivity contribution in [1.82, 2.24) is 10.3 Å². The van der Waals surface area contributed by atoms with Gasteiger partial charge < -0.3 is 14.8 Å². The SMILES string of the molecule is Cc1cc2c(c(-c3ccc4nc(C)ccc4c3)c1)O[C@H](CNC(=O)[C@H]1CCCO1)C2. The van der Waals surface area contributed by atoms with Gasteiger partial charge in [-0.1, -0.05) is 18.2 Å². The molecule has 3 aromatic rings. The van der Waals surface area contributed by atoms with Gasteiger partial charge in [0.15, 0.2) is 0 Å². The number of hydrogen-bond acceptors (Lipinski definition) is 4. The van der Waals surface area contributed by atoms with E-state index in [1.54, 1.807) is 0 Å². The Bertz CT molecular complexity index is 1120. The number of nitrogens with one attached hydrogen (secondary N) is 1. The molecule has 2 atom stereocenters. The lowest BCUT2D eigenvalue weighted by Crippen LogP contribution is -2.40. The Morgan fingerprint density at radius 1 is 1.17 bits per heavy atom. The van der Waals surface area contributed by atoms with Crippen molar-refractivity contribution in [3.63, 3.8) is 0 Å². The molecular formula is C25H26N2O3. The molecular weight excluding hydrogens is 376 g/mol. The summed E-state index contributed by atoms with van der Waals surface area (Å²) >= 11 is 0. The average Bonchev–Trinajstić information content (AvgIpc) is 3.41. The van der Waals surface area contributed by atoms with Crippen LogP contribution in [0.25, 0.3) is 22.0 Å². The Hall–Kier alpha value is -2.92. The second-order valence-electron chi connectivity index (χ2n) is 8.35. The number of benzene rings is 2. The summed E-state index contributed by atoms with van der Waals surface area (Å²) in [4.78, 5) is 16.9. The van der Waals surface area contributed by atoms with Gasteiger partial charge in [-0.25, -0.2) is 0 Å². The molecule has 2 aliphatic rings. The first kappa shape index (κ1) is 19.1. The van der Waals surface area contributed by atoms with Crippen molar-refractivity contribution in [2.45, 2.75) is 45.3 Å². The molecule has 30 heavy (non-hydrogen) atoms. The van der Waals surface area contributed by atoms with Crippen LogP contribution in [0.3, 0.4) is 0 Å². The molecule has 5 heteroatoms. The van der Waals surface area contributed by atoms with Gasteiger partial charge in [0.05, 0.1) is 12.1 Å². The molecule has 2 aromatic carbocycles. The normalized spacial score (nSPS) is 20.2. The van der Waals surface area contributed by atoms with Crippen LogP contribution in [-0.4, -0.2) is 36.3 Å². The average molecular weight is 402 g/mol. The lowest BCUT2D eigenvalue weighted by atomic mass is 9.96. The predicted octanol–water partition coefficient (Wildman–Crippen LogP) is 4.12. The molecule has 1 aromatic heterocycles. The third kappa shape index (κ3) is 3.65. The van der Waals surface area contributed by atoms with E-state index in [1.165, 1.54) is 11.1 Å². The van der Waals surface area contributed by atoms with Crippen LogP contribution >= 0.6 is 0 Å². The molecule has 1 N–H and O–H groups in total. The molecule has 1 saturated heterocycles. The number of aromatic nitrogens is 1. The Morgan fingerprint density at radius 3 is 2.90 bits per heavy atom. The molecule has 0 unspecified atom stereocenters. The zero-order valence-electron chi connectivity index (χ0n) is 17.4. The van der Waals surface area contributed by atoms with Crippen molar-refractivity contribution >= 4 is 16.8 Å². The van der Waals surface area contributed by atoms with Crippen molar-refractivity contribution in [3.05, 3.63) is 59.3 Å². The molecule has 0 saturated carbocycles. The van der Waals surface area contributed by atoms with E-state index in [-0.39, 0.29) is 18.1 Å². The molecule has 0 spiro atoms. The summed E-state index contributed by atoms with van der Waals surface area (Å²) in [6, 6.07) is 14.9. The molecule has 3 heterocycles. The van der Waals surface area contributed by atoms with E-state index in [1.807, 2.05) is 13.0 Å². The number of carbonyl (C=O) groups is 1. The van der Waals surface area contributed by atoms with E-state index >= 15 is 0 Å². The molecule has 0 bridgehead atoms. The lowest BCUT2D eigenvalue weighted by molar-refractivity contribution is -0.130. The first-order valence-electron chi connectivity index (χ1n) is 10.6. The number of carbonyl (C=O) groups excluding carboxylic acids is 1. The lowest BCUT2D eigenvalue weighted by Gasteiger charge is -2.16. The molecule has 5 rings (SSSR count). The van der Waals surface area contributed by atoms with Crippen molar-refractivity contribution < 1.29 is 14.3 Å². The molecule has 154 valence electrons. The standard InChI is InChI=1S/C25H26N2O3/c1-15-10-19-13-20(14-26-25(28)23-4-3-9-29-23)30-24(19)21(11-15)17-7-8-22-18(12-17)6-5-16(2)27-22/h5-8,10-12,20,23H,3-4,9,13-14H2,1-2H3,(H,26,28)/t20-,23+/m0/s1. The first-order chi connectivity index (χ1) is 14.6. The van der Waals surface area contributed by atoms with Crippen LogP contribution in [0.2, 0.25) is 0 Å². The number of aryl methyl sites for hydroxylation is 2. The highest BCUT2D eigenvalue weighted by molar-refractivity contribution is 5.86. The molecule has 5 nitrogen and oxygen atoms in total. The molecule has 1 fully saturated rings. The van der Waals surface area contributed by atoms with Crippen LogP contribution in [0.5, 0.6) is 5.75 Å². The zero-order chi connectivity index (χ0) is 20.7. The number of hydrogen-bond donors (Lipinski definition) is 1. The predicted molar refractivity (Wildman–Crippen MR) is 117 cm³/mol. The Labute approximate surface area is 176 Å². The smallest absolute Gasteiger partial charge is 0.249 e. The number of rotatable bonds is 4. The summed E-state index contributed by atoms with van der Waals surface area (Å²) in [6.07, 6.45) is 2.19. The highest BCUT2D eigenvalue weighted by Crippen LogP contribution is 2.40.